The molecule has 5 nitrogen and oxygen atoms in total. The van der Waals surface area contributed by atoms with Crippen LogP contribution >= 0.6 is 0 Å². The first kappa shape index (κ1) is 21.1. The average Bonchev–Trinajstić information content (AvgIpc) is 2.98. The summed E-state index contributed by atoms with van der Waals surface area (Å²) < 4.78 is 5.32. The highest BCUT2D eigenvalue weighted by molar-refractivity contribution is 6.39. The van der Waals surface area contributed by atoms with E-state index in [2.05, 4.69) is 18.2 Å². The van der Waals surface area contributed by atoms with Crippen LogP contribution in [-0.2, 0) is 14.9 Å². The molecule has 1 aromatic rings. The number of nitrogens with two attached hydrogens (primary N) is 1. The zero-order valence-corrected chi connectivity index (χ0v) is 16.7. The highest BCUT2D eigenvalue weighted by Crippen LogP contribution is 2.41. The molecule has 3 N–H and O–H groups in total. The molecule has 1 unspecified atom stereocenters. The van der Waals surface area contributed by atoms with Crippen LogP contribution in [0.15, 0.2) is 72.1 Å². The number of nitrogens with zero attached hydrogens (tertiary/aromatic N) is 1. The van der Waals surface area contributed by atoms with Gasteiger partial charge >= 0.3 is 5.97 Å². The van der Waals surface area contributed by atoms with Gasteiger partial charge in [-0.25, -0.2) is 4.99 Å². The van der Waals surface area contributed by atoms with Crippen molar-refractivity contribution in [1.82, 2.24) is 0 Å². The zero-order valence-electron chi connectivity index (χ0n) is 16.7. The quantitative estimate of drug-likeness (QED) is 0.313. The molecule has 1 aliphatic rings. The highest BCUT2D eigenvalue weighted by Gasteiger charge is 2.46. The monoisotopic (exact) mass is 377 g/mol. The van der Waals surface area contributed by atoms with E-state index in [0.717, 1.165) is 16.7 Å². The Hall–Kier alpha value is -3.21. The summed E-state index contributed by atoms with van der Waals surface area (Å²) >= 11 is 0. The number of hydrogen-bond acceptors (Lipinski definition) is 4. The minimum atomic E-state index is -1.04. The van der Waals surface area contributed by atoms with Gasteiger partial charge in [0.25, 0.3) is 0 Å². The standard InChI is InChI=1S/C23H27N3O2/c1-6-15(4)17-9-11-18(12-10-17)23(13-16(5)28-22(23)27)14-19(7-2)26-20(8-3)21(24)25/h6-7,9-12,14H,2,5,8,13H2,1,3-4H3,(H3,24,25)/b15-6?,19-14+,26-20?. The zero-order chi connectivity index (χ0) is 20.9. The smallest absolute Gasteiger partial charge is 0.326 e. The average molecular weight is 377 g/mol. The summed E-state index contributed by atoms with van der Waals surface area (Å²) in [6, 6.07) is 7.82. The van der Waals surface area contributed by atoms with Gasteiger partial charge in [0.1, 0.15) is 17.0 Å². The second-order valence-corrected chi connectivity index (χ2v) is 6.72. The van der Waals surface area contributed by atoms with Crippen LogP contribution in [-0.4, -0.2) is 17.5 Å². The Morgan fingerprint density at radius 3 is 2.46 bits per heavy atom. The molecular weight excluding hydrogens is 350 g/mol. The van der Waals surface area contributed by atoms with Crippen molar-refractivity contribution in [2.45, 2.75) is 39.0 Å². The maximum absolute atomic E-state index is 12.8. The summed E-state index contributed by atoms with van der Waals surface area (Å²) in [6.07, 6.45) is 6.14. The minimum Gasteiger partial charge on any atom is -0.431 e. The van der Waals surface area contributed by atoms with E-state index in [0.29, 0.717) is 30.0 Å². The van der Waals surface area contributed by atoms with Crippen LogP contribution in [0.3, 0.4) is 0 Å². The molecule has 1 fully saturated rings. The molecule has 1 aromatic carbocycles. The number of benzene rings is 1. The number of amidine groups is 1. The summed E-state index contributed by atoms with van der Waals surface area (Å²) in [5.74, 6) is -0.0954. The highest BCUT2D eigenvalue weighted by atomic mass is 16.5. The SMILES string of the molecule is C=C/C(=C\C1(c2ccc(C(C)=CC)cc2)CC(=C)OC1=O)N=C(CC)C(=N)N. The van der Waals surface area contributed by atoms with Crippen molar-refractivity contribution in [3.8, 4) is 0 Å². The van der Waals surface area contributed by atoms with Crippen molar-refractivity contribution in [1.29, 1.82) is 5.41 Å². The Bertz CT molecular complexity index is 904. The molecule has 1 aliphatic heterocycles. The predicted molar refractivity (Wildman–Crippen MR) is 115 cm³/mol. The van der Waals surface area contributed by atoms with Crippen molar-refractivity contribution in [2.75, 3.05) is 0 Å². The summed E-state index contributed by atoms with van der Waals surface area (Å²) in [5, 5.41) is 7.65. The number of cyclic esters (lactones) is 1. The second-order valence-electron chi connectivity index (χ2n) is 6.72. The molecule has 0 radical (unpaired) electrons. The lowest BCUT2D eigenvalue weighted by Gasteiger charge is -2.22. The molecule has 0 bridgehead atoms. The van der Waals surface area contributed by atoms with E-state index in [-0.39, 0.29) is 5.84 Å². The second kappa shape index (κ2) is 8.65. The van der Waals surface area contributed by atoms with Crippen LogP contribution in [0, 0.1) is 5.41 Å². The molecular formula is C23H27N3O2. The third-order valence-electron chi connectivity index (χ3n) is 4.88. The lowest BCUT2D eigenvalue weighted by molar-refractivity contribution is -0.139. The summed E-state index contributed by atoms with van der Waals surface area (Å²) in [4.78, 5) is 17.3. The molecule has 146 valence electrons. The largest absolute Gasteiger partial charge is 0.431 e. The molecule has 0 aromatic heterocycles. The number of rotatable bonds is 7. The molecule has 28 heavy (non-hydrogen) atoms. The van der Waals surface area contributed by atoms with E-state index < -0.39 is 11.4 Å². The number of aliphatic imine (C=N–C) groups is 1. The van der Waals surface area contributed by atoms with Crippen LogP contribution in [0.4, 0.5) is 0 Å². The Balaban J connectivity index is 2.62. The van der Waals surface area contributed by atoms with Gasteiger partial charge in [0.05, 0.1) is 11.4 Å². The van der Waals surface area contributed by atoms with Gasteiger partial charge in [-0.3, -0.25) is 10.2 Å². The van der Waals surface area contributed by atoms with E-state index >= 15 is 0 Å². The molecule has 0 spiro atoms. The van der Waals surface area contributed by atoms with Crippen LogP contribution in [0.5, 0.6) is 0 Å². The Kier molecular flexibility index (Phi) is 6.52. The van der Waals surface area contributed by atoms with E-state index in [1.807, 2.05) is 51.1 Å². The third kappa shape index (κ3) is 4.19. The minimum absolute atomic E-state index is 0.103. The molecule has 5 heteroatoms. The maximum atomic E-state index is 12.8. The Morgan fingerprint density at radius 2 is 2.04 bits per heavy atom. The summed E-state index contributed by atoms with van der Waals surface area (Å²) in [6.45, 7) is 13.5. The number of hydrogen-bond donors (Lipinski definition) is 2. The molecule has 1 heterocycles. The first-order valence-electron chi connectivity index (χ1n) is 9.18. The molecule has 0 saturated carbocycles. The number of allylic oxidation sites excluding steroid dienone is 4. The van der Waals surface area contributed by atoms with E-state index in [9.17, 15) is 4.79 Å². The first-order valence-corrected chi connectivity index (χ1v) is 9.18. The van der Waals surface area contributed by atoms with Gasteiger partial charge in [-0.2, -0.15) is 0 Å². The number of ether oxygens (including phenoxy) is 1. The van der Waals surface area contributed by atoms with Crippen molar-refractivity contribution < 1.29 is 9.53 Å². The van der Waals surface area contributed by atoms with Gasteiger partial charge in [0, 0.05) is 6.42 Å². The van der Waals surface area contributed by atoms with Gasteiger partial charge < -0.3 is 10.5 Å². The third-order valence-corrected chi connectivity index (χ3v) is 4.88. The molecule has 0 amide bonds. The summed E-state index contributed by atoms with van der Waals surface area (Å²) in [5.41, 5.74) is 8.48. The Labute approximate surface area is 166 Å². The normalized spacial score (nSPS) is 20.9. The summed E-state index contributed by atoms with van der Waals surface area (Å²) in [7, 11) is 0. The van der Waals surface area contributed by atoms with Crippen molar-refractivity contribution in [3.05, 3.63) is 78.2 Å². The number of carbonyl (C=O) groups is 1. The van der Waals surface area contributed by atoms with Crippen LogP contribution in [0.1, 0.15) is 44.7 Å². The van der Waals surface area contributed by atoms with Gasteiger partial charge in [-0.05, 0) is 49.1 Å². The lowest BCUT2D eigenvalue weighted by Crippen LogP contribution is -2.30. The number of nitrogens with one attached hydrogen (secondary N) is 1. The first-order chi connectivity index (χ1) is 13.3. The van der Waals surface area contributed by atoms with E-state index in [4.69, 9.17) is 15.9 Å². The Morgan fingerprint density at radius 1 is 1.39 bits per heavy atom. The van der Waals surface area contributed by atoms with Crippen molar-refractivity contribution >= 4 is 23.1 Å². The van der Waals surface area contributed by atoms with E-state index in [1.165, 1.54) is 0 Å². The van der Waals surface area contributed by atoms with Gasteiger partial charge in [0.15, 0.2) is 0 Å². The van der Waals surface area contributed by atoms with Crippen molar-refractivity contribution in [3.63, 3.8) is 0 Å². The van der Waals surface area contributed by atoms with Crippen molar-refractivity contribution in [2.24, 2.45) is 10.7 Å². The topological polar surface area (TPSA) is 88.5 Å². The number of esters is 1. The van der Waals surface area contributed by atoms with Gasteiger partial charge in [-0.1, -0.05) is 50.4 Å². The number of carbonyl (C=O) groups excluding carboxylic acids is 1. The lowest BCUT2D eigenvalue weighted by atomic mass is 9.77. The van der Waals surface area contributed by atoms with E-state index in [1.54, 1.807) is 12.2 Å². The molecule has 2 rings (SSSR count). The van der Waals surface area contributed by atoms with Crippen LogP contribution < -0.4 is 5.73 Å². The fourth-order valence-electron chi connectivity index (χ4n) is 3.13. The fraction of sp³-hybridized carbons (Fsp3) is 0.261. The van der Waals surface area contributed by atoms with Gasteiger partial charge in [0.2, 0.25) is 0 Å². The van der Waals surface area contributed by atoms with Crippen LogP contribution in [0.25, 0.3) is 5.57 Å². The fourth-order valence-corrected chi connectivity index (χ4v) is 3.13. The molecule has 0 aliphatic carbocycles. The van der Waals surface area contributed by atoms with Crippen LogP contribution in [0.2, 0.25) is 0 Å². The molecule has 1 atom stereocenters. The maximum Gasteiger partial charge on any atom is 0.326 e. The van der Waals surface area contributed by atoms with Gasteiger partial charge in [-0.15, -0.1) is 0 Å². The predicted octanol–water partition coefficient (Wildman–Crippen LogP) is 4.67. The molecule has 1 saturated heterocycles.